The molecule has 4 rings (SSSR count). The standard InChI is InChI=1S/C28H32N4O4/c1-18(2)13-23(31(5)27(35)36-16-20-9-7-6-8-10-20)25(33)32-17-28(15-24(32)29-4)21-14-19(3)11-12-22(21)30-26(28)34/h6-12,14,18,23-24H,13,15-17H2,1-3,5H3,(H,30,34)/t23-,24-,28-/m0/s1. The van der Waals surface area contributed by atoms with Crippen LogP contribution in [0.5, 0.6) is 0 Å². The molecule has 2 aliphatic heterocycles. The number of likely N-dealkylation sites (tertiary alicyclic amines) is 1. The van der Waals surface area contributed by atoms with E-state index >= 15 is 0 Å². The van der Waals surface area contributed by atoms with Crippen LogP contribution in [0.15, 0.2) is 48.5 Å². The molecule has 0 aromatic heterocycles. The van der Waals surface area contributed by atoms with Crippen LogP contribution < -0.4 is 5.32 Å². The van der Waals surface area contributed by atoms with Crippen molar-refractivity contribution < 1.29 is 19.1 Å². The molecule has 1 spiro atoms. The van der Waals surface area contributed by atoms with Gasteiger partial charge in [0.2, 0.25) is 5.91 Å². The lowest BCUT2D eigenvalue weighted by Crippen LogP contribution is -2.51. The van der Waals surface area contributed by atoms with E-state index in [-0.39, 0.29) is 37.3 Å². The molecule has 2 aromatic rings. The molecule has 8 nitrogen and oxygen atoms in total. The predicted molar refractivity (Wildman–Crippen MR) is 136 cm³/mol. The van der Waals surface area contributed by atoms with Gasteiger partial charge in [-0.15, -0.1) is 0 Å². The average Bonchev–Trinajstić information content (AvgIpc) is 3.39. The van der Waals surface area contributed by atoms with Crippen molar-refractivity contribution in [2.45, 2.75) is 57.8 Å². The van der Waals surface area contributed by atoms with Crippen LogP contribution in [-0.2, 0) is 26.3 Å². The van der Waals surface area contributed by atoms with Crippen molar-refractivity contribution in [1.82, 2.24) is 9.80 Å². The molecule has 3 atom stereocenters. The summed E-state index contributed by atoms with van der Waals surface area (Å²) in [5.41, 5.74) is 2.44. The summed E-state index contributed by atoms with van der Waals surface area (Å²) in [7, 11) is 1.55. The quantitative estimate of drug-likeness (QED) is 0.613. The molecule has 0 unspecified atom stereocenters. The third-order valence-corrected chi connectivity index (χ3v) is 7.08. The van der Waals surface area contributed by atoms with E-state index in [9.17, 15) is 14.4 Å². The lowest BCUT2D eigenvalue weighted by Gasteiger charge is -2.31. The van der Waals surface area contributed by atoms with Crippen LogP contribution in [0.4, 0.5) is 10.5 Å². The monoisotopic (exact) mass is 488 g/mol. The fourth-order valence-electron chi connectivity index (χ4n) is 5.12. The van der Waals surface area contributed by atoms with E-state index in [1.54, 1.807) is 7.05 Å². The number of benzene rings is 2. The van der Waals surface area contributed by atoms with Gasteiger partial charge in [0, 0.05) is 19.3 Å². The van der Waals surface area contributed by atoms with Crippen LogP contribution in [0.1, 0.15) is 43.4 Å². The number of likely N-dealkylation sites (N-methyl/N-ethyl adjacent to an activating group) is 1. The van der Waals surface area contributed by atoms with Gasteiger partial charge >= 0.3 is 12.3 Å². The molecule has 0 bridgehead atoms. The second-order valence-corrected chi connectivity index (χ2v) is 10.2. The number of carbonyl (C=O) groups excluding carboxylic acids is 3. The van der Waals surface area contributed by atoms with Crippen LogP contribution in [0.25, 0.3) is 4.85 Å². The second-order valence-electron chi connectivity index (χ2n) is 10.2. The Balaban J connectivity index is 1.57. The first-order valence-corrected chi connectivity index (χ1v) is 12.2. The SMILES string of the molecule is [C-]#[N+][C@@H]1C[C@@]2(CN1C(=O)[C@H](CC(C)C)N(C)C(=O)OCc1ccccc1)C(=O)Nc1ccc(C)cc12. The lowest BCUT2D eigenvalue weighted by atomic mass is 9.80. The molecule has 1 N–H and O–H groups in total. The maximum absolute atomic E-state index is 13.9. The van der Waals surface area contributed by atoms with Crippen molar-refractivity contribution in [3.8, 4) is 0 Å². The maximum Gasteiger partial charge on any atom is 0.410 e. The number of aryl methyl sites for hydroxylation is 1. The van der Waals surface area contributed by atoms with Gasteiger partial charge in [-0.25, -0.2) is 11.4 Å². The summed E-state index contributed by atoms with van der Waals surface area (Å²) in [6.45, 7) is 13.9. The van der Waals surface area contributed by atoms with Crippen molar-refractivity contribution in [1.29, 1.82) is 0 Å². The Morgan fingerprint density at radius 2 is 1.97 bits per heavy atom. The molecule has 0 saturated carbocycles. The fraction of sp³-hybridized carbons (Fsp3) is 0.429. The highest BCUT2D eigenvalue weighted by Crippen LogP contribution is 2.47. The number of ether oxygens (including phenoxy) is 1. The van der Waals surface area contributed by atoms with E-state index in [0.717, 1.165) is 22.4 Å². The van der Waals surface area contributed by atoms with E-state index in [1.807, 2.05) is 69.3 Å². The third kappa shape index (κ3) is 4.66. The Hall–Kier alpha value is -3.86. The summed E-state index contributed by atoms with van der Waals surface area (Å²) in [6.07, 6.45) is -0.767. The minimum Gasteiger partial charge on any atom is -0.445 e. The fourth-order valence-corrected chi connectivity index (χ4v) is 5.12. The molecule has 1 saturated heterocycles. The smallest absolute Gasteiger partial charge is 0.410 e. The summed E-state index contributed by atoms with van der Waals surface area (Å²) in [5, 5.41) is 2.93. The zero-order valence-corrected chi connectivity index (χ0v) is 21.2. The predicted octanol–water partition coefficient (Wildman–Crippen LogP) is 4.35. The van der Waals surface area contributed by atoms with E-state index in [4.69, 9.17) is 11.3 Å². The summed E-state index contributed by atoms with van der Waals surface area (Å²) in [6, 6.07) is 14.3. The van der Waals surface area contributed by atoms with E-state index in [0.29, 0.717) is 6.42 Å². The zero-order valence-electron chi connectivity index (χ0n) is 21.2. The molecule has 36 heavy (non-hydrogen) atoms. The zero-order chi connectivity index (χ0) is 26.0. The molecule has 0 radical (unpaired) electrons. The van der Waals surface area contributed by atoms with Gasteiger partial charge in [0.15, 0.2) is 0 Å². The summed E-state index contributed by atoms with van der Waals surface area (Å²) in [5.74, 6) is -0.415. The molecular weight excluding hydrogens is 456 g/mol. The normalized spacial score (nSPS) is 21.2. The highest BCUT2D eigenvalue weighted by Gasteiger charge is 2.59. The van der Waals surface area contributed by atoms with Gasteiger partial charge in [0.1, 0.15) is 18.1 Å². The number of rotatable bonds is 6. The number of hydrogen-bond acceptors (Lipinski definition) is 4. The van der Waals surface area contributed by atoms with Crippen molar-refractivity contribution >= 4 is 23.6 Å². The minimum atomic E-state index is -0.971. The number of anilines is 1. The molecule has 0 aliphatic carbocycles. The lowest BCUT2D eigenvalue weighted by molar-refractivity contribution is -0.137. The highest BCUT2D eigenvalue weighted by molar-refractivity contribution is 6.07. The largest absolute Gasteiger partial charge is 0.445 e. The van der Waals surface area contributed by atoms with Crippen molar-refractivity contribution in [3.05, 3.63) is 76.6 Å². The number of nitrogens with one attached hydrogen (secondary N) is 1. The van der Waals surface area contributed by atoms with E-state index < -0.39 is 23.7 Å². The van der Waals surface area contributed by atoms with Crippen molar-refractivity contribution in [3.63, 3.8) is 0 Å². The highest BCUT2D eigenvalue weighted by atomic mass is 16.6. The maximum atomic E-state index is 13.9. The number of fused-ring (bicyclic) bond motifs is 2. The van der Waals surface area contributed by atoms with E-state index in [1.165, 1.54) is 9.80 Å². The average molecular weight is 489 g/mol. The van der Waals surface area contributed by atoms with Crippen LogP contribution in [0.2, 0.25) is 0 Å². The summed E-state index contributed by atoms with van der Waals surface area (Å²) < 4.78 is 5.48. The van der Waals surface area contributed by atoms with Crippen LogP contribution in [-0.4, -0.2) is 53.5 Å². The molecule has 2 aliphatic rings. The Morgan fingerprint density at radius 3 is 2.64 bits per heavy atom. The Morgan fingerprint density at radius 1 is 1.25 bits per heavy atom. The van der Waals surface area contributed by atoms with Gasteiger partial charge in [-0.3, -0.25) is 24.2 Å². The Kier molecular flexibility index (Phi) is 7.02. The van der Waals surface area contributed by atoms with Crippen LogP contribution >= 0.6 is 0 Å². The van der Waals surface area contributed by atoms with Crippen LogP contribution in [0, 0.1) is 19.4 Å². The molecule has 8 heteroatoms. The first-order chi connectivity index (χ1) is 17.2. The minimum absolute atomic E-state index is 0.0976. The van der Waals surface area contributed by atoms with Gasteiger partial charge in [-0.1, -0.05) is 61.9 Å². The Bertz CT molecular complexity index is 1210. The van der Waals surface area contributed by atoms with E-state index in [2.05, 4.69) is 10.2 Å². The number of amides is 3. The summed E-state index contributed by atoms with van der Waals surface area (Å²) >= 11 is 0. The number of nitrogens with zero attached hydrogens (tertiary/aromatic N) is 3. The third-order valence-electron chi connectivity index (χ3n) is 7.08. The van der Waals surface area contributed by atoms with Crippen molar-refractivity contribution in [2.24, 2.45) is 5.92 Å². The number of hydrogen-bond donors (Lipinski definition) is 1. The molecular formula is C28H32N4O4. The molecule has 1 fully saturated rings. The second kappa shape index (κ2) is 10.0. The van der Waals surface area contributed by atoms with Gasteiger partial charge in [0.05, 0.1) is 6.42 Å². The Labute approximate surface area is 212 Å². The number of carbonyl (C=O) groups is 3. The first kappa shape index (κ1) is 25.2. The van der Waals surface area contributed by atoms with Gasteiger partial charge in [0.25, 0.3) is 5.91 Å². The molecule has 2 heterocycles. The topological polar surface area (TPSA) is 83.3 Å². The first-order valence-electron chi connectivity index (χ1n) is 12.2. The van der Waals surface area contributed by atoms with Gasteiger partial charge in [-0.2, -0.15) is 0 Å². The van der Waals surface area contributed by atoms with Gasteiger partial charge in [-0.05, 0) is 36.5 Å². The van der Waals surface area contributed by atoms with Crippen LogP contribution in [0.3, 0.4) is 0 Å². The molecule has 3 amide bonds. The molecule has 2 aromatic carbocycles. The summed E-state index contributed by atoms with van der Waals surface area (Å²) in [4.78, 5) is 46.5. The van der Waals surface area contributed by atoms with Crippen molar-refractivity contribution in [2.75, 3.05) is 18.9 Å². The molecule has 188 valence electrons. The van der Waals surface area contributed by atoms with Gasteiger partial charge < -0.3 is 10.1 Å².